The molecule has 0 aliphatic rings. The van der Waals surface area contributed by atoms with Gasteiger partial charge in [-0.05, 0) is 30.7 Å². The molecule has 0 saturated heterocycles. The van der Waals surface area contributed by atoms with Crippen molar-refractivity contribution in [2.75, 3.05) is 13.2 Å². The fraction of sp³-hybridized carbons (Fsp3) is 0.316. The van der Waals surface area contributed by atoms with Crippen LogP contribution in [-0.4, -0.2) is 47.5 Å². The molecule has 0 saturated carbocycles. The highest BCUT2D eigenvalue weighted by molar-refractivity contribution is 7.85. The second kappa shape index (κ2) is 12.2. The van der Waals surface area contributed by atoms with Crippen LogP contribution in [0.4, 0.5) is 0 Å². The van der Waals surface area contributed by atoms with Gasteiger partial charge in [-0.25, -0.2) is 4.79 Å². The van der Waals surface area contributed by atoms with Crippen LogP contribution in [0.1, 0.15) is 30.6 Å². The summed E-state index contributed by atoms with van der Waals surface area (Å²) in [5.74, 6) is -0.879. The van der Waals surface area contributed by atoms with Crippen LogP contribution in [0, 0.1) is 5.41 Å². The molecule has 0 atom stereocenters. The third kappa shape index (κ3) is 10.5. The zero-order chi connectivity index (χ0) is 20.9. The van der Waals surface area contributed by atoms with E-state index in [0.29, 0.717) is 5.56 Å². The van der Waals surface area contributed by atoms with Crippen molar-refractivity contribution in [1.29, 1.82) is 0 Å². The lowest BCUT2D eigenvalue weighted by Crippen LogP contribution is -2.24. The van der Waals surface area contributed by atoms with E-state index in [1.54, 1.807) is 48.5 Å². The molecule has 0 aliphatic carbocycles. The summed E-state index contributed by atoms with van der Waals surface area (Å²) in [4.78, 5) is 10.1. The maximum Gasteiger partial charge on any atom is 0.335 e. The minimum atomic E-state index is -4.00. The Labute approximate surface area is 159 Å². The highest BCUT2D eigenvalue weighted by Crippen LogP contribution is 2.17. The van der Waals surface area contributed by atoms with Crippen LogP contribution in [-0.2, 0) is 10.1 Å². The number of carboxylic acid groups (broad SMARTS) is 1. The summed E-state index contributed by atoms with van der Waals surface area (Å²) in [5, 5.41) is 25.6. The Hall–Kier alpha value is -2.26. The van der Waals surface area contributed by atoms with Gasteiger partial charge in [0.2, 0.25) is 0 Å². The Morgan fingerprint density at radius 2 is 1.33 bits per heavy atom. The summed E-state index contributed by atoms with van der Waals surface area (Å²) in [5.41, 5.74) is 0.0671. The number of rotatable bonds is 5. The summed E-state index contributed by atoms with van der Waals surface area (Å²) in [6.07, 6.45) is 0.819. The van der Waals surface area contributed by atoms with Crippen molar-refractivity contribution in [2.45, 2.75) is 25.2 Å². The Balaban J connectivity index is 0.000000379. The summed E-state index contributed by atoms with van der Waals surface area (Å²) < 4.78 is 29.2. The Kier molecular flexibility index (Phi) is 11.2. The molecule has 2 aromatic carbocycles. The highest BCUT2D eigenvalue weighted by Gasteiger charge is 2.18. The number of aliphatic hydroxyl groups is 2. The van der Waals surface area contributed by atoms with E-state index in [1.807, 2.05) is 13.8 Å². The molecular weight excluding hydrogens is 372 g/mol. The molecule has 0 unspecified atom stereocenters. The molecule has 7 nitrogen and oxygen atoms in total. The first-order valence-corrected chi connectivity index (χ1v) is 9.56. The number of aromatic carboxylic acids is 1. The fourth-order valence-electron chi connectivity index (χ4n) is 1.45. The molecule has 0 aliphatic heterocycles. The lowest BCUT2D eigenvalue weighted by Gasteiger charge is -2.21. The molecule has 27 heavy (non-hydrogen) atoms. The van der Waals surface area contributed by atoms with Crippen LogP contribution in [0.3, 0.4) is 0 Å². The second-order valence-corrected chi connectivity index (χ2v) is 7.36. The van der Waals surface area contributed by atoms with E-state index < -0.39 is 16.1 Å². The third-order valence-electron chi connectivity index (χ3n) is 3.68. The van der Waals surface area contributed by atoms with Gasteiger partial charge in [0.05, 0.1) is 23.7 Å². The van der Waals surface area contributed by atoms with E-state index in [2.05, 4.69) is 0 Å². The number of carbonyl (C=O) groups is 1. The van der Waals surface area contributed by atoms with Crippen molar-refractivity contribution < 1.29 is 33.1 Å². The molecule has 8 heteroatoms. The number of benzene rings is 2. The van der Waals surface area contributed by atoms with Gasteiger partial charge in [0.15, 0.2) is 0 Å². The summed E-state index contributed by atoms with van der Waals surface area (Å²) in [6.45, 7) is 3.94. The molecular formula is C19H26O7S. The van der Waals surface area contributed by atoms with Crippen molar-refractivity contribution in [2.24, 2.45) is 5.41 Å². The molecule has 0 spiro atoms. The van der Waals surface area contributed by atoms with Crippen molar-refractivity contribution in [3.8, 4) is 0 Å². The topological polar surface area (TPSA) is 132 Å². The molecule has 150 valence electrons. The van der Waals surface area contributed by atoms with Gasteiger partial charge >= 0.3 is 5.97 Å². The van der Waals surface area contributed by atoms with E-state index in [-0.39, 0.29) is 23.5 Å². The molecule has 0 bridgehead atoms. The SMILES string of the molecule is CCC(C)(CO)CO.O=C(O)c1ccccc1.O=S(=O)(O)c1ccccc1. The van der Waals surface area contributed by atoms with E-state index in [4.69, 9.17) is 19.9 Å². The van der Waals surface area contributed by atoms with Crippen LogP contribution in [0.5, 0.6) is 0 Å². The predicted molar refractivity (Wildman–Crippen MR) is 102 cm³/mol. The minimum absolute atomic E-state index is 0.0694. The highest BCUT2D eigenvalue weighted by atomic mass is 32.2. The van der Waals surface area contributed by atoms with Crippen molar-refractivity contribution >= 4 is 16.1 Å². The van der Waals surface area contributed by atoms with Gasteiger partial charge in [0.25, 0.3) is 10.1 Å². The Morgan fingerprint density at radius 1 is 0.926 bits per heavy atom. The first kappa shape index (κ1) is 24.7. The molecule has 0 fully saturated rings. The van der Waals surface area contributed by atoms with Crippen molar-refractivity contribution in [1.82, 2.24) is 0 Å². The lowest BCUT2D eigenvalue weighted by atomic mass is 9.90. The normalized spacial score (nSPS) is 10.7. The van der Waals surface area contributed by atoms with E-state index >= 15 is 0 Å². The first-order chi connectivity index (χ1) is 12.6. The third-order valence-corrected chi connectivity index (χ3v) is 4.55. The smallest absolute Gasteiger partial charge is 0.335 e. The van der Waals surface area contributed by atoms with Gasteiger partial charge in [0, 0.05) is 5.41 Å². The molecule has 2 aromatic rings. The number of hydrogen-bond donors (Lipinski definition) is 4. The van der Waals surface area contributed by atoms with Gasteiger partial charge in [-0.1, -0.05) is 50.2 Å². The zero-order valence-electron chi connectivity index (χ0n) is 15.3. The molecule has 0 aromatic heterocycles. The molecule has 0 heterocycles. The largest absolute Gasteiger partial charge is 0.478 e. The monoisotopic (exact) mass is 398 g/mol. The van der Waals surface area contributed by atoms with Crippen LogP contribution >= 0.6 is 0 Å². The van der Waals surface area contributed by atoms with Gasteiger partial charge in [-0.3, -0.25) is 4.55 Å². The Bertz CT molecular complexity index is 747. The standard InChI is InChI=1S/C7H6O2.C6H6O3S.C6H14O2/c8-7(9)6-4-2-1-3-5-6;7-10(8,9)6-4-2-1-3-5-6;1-3-6(2,4-7)5-8/h1-5H,(H,8,9);1-5H,(H,7,8,9);7-8H,3-5H2,1-2H3. The van der Waals surface area contributed by atoms with Gasteiger partial charge in [0.1, 0.15) is 0 Å². The number of aliphatic hydroxyl groups excluding tert-OH is 2. The molecule has 0 radical (unpaired) electrons. The summed E-state index contributed by atoms with van der Waals surface area (Å²) >= 11 is 0. The number of carboxylic acids is 1. The van der Waals surface area contributed by atoms with Crippen LogP contribution in [0.15, 0.2) is 65.6 Å². The van der Waals surface area contributed by atoms with Crippen molar-refractivity contribution in [3.63, 3.8) is 0 Å². The quantitative estimate of drug-likeness (QED) is 0.569. The van der Waals surface area contributed by atoms with Gasteiger partial charge in [-0.15, -0.1) is 0 Å². The van der Waals surface area contributed by atoms with E-state index in [1.165, 1.54) is 12.1 Å². The average Bonchev–Trinajstić information content (AvgIpc) is 2.69. The molecule has 4 N–H and O–H groups in total. The average molecular weight is 398 g/mol. The number of hydrogen-bond acceptors (Lipinski definition) is 5. The lowest BCUT2D eigenvalue weighted by molar-refractivity contribution is 0.0670. The zero-order valence-corrected chi connectivity index (χ0v) is 16.1. The van der Waals surface area contributed by atoms with Gasteiger partial charge < -0.3 is 15.3 Å². The van der Waals surface area contributed by atoms with E-state index in [0.717, 1.165) is 6.42 Å². The molecule has 2 rings (SSSR count). The van der Waals surface area contributed by atoms with Crippen LogP contribution < -0.4 is 0 Å². The summed E-state index contributed by atoms with van der Waals surface area (Å²) in [7, 11) is -4.00. The van der Waals surface area contributed by atoms with Crippen molar-refractivity contribution in [3.05, 3.63) is 66.2 Å². The summed E-state index contributed by atoms with van der Waals surface area (Å²) in [6, 6.07) is 15.7. The fourth-order valence-corrected chi connectivity index (χ4v) is 1.95. The Morgan fingerprint density at radius 3 is 1.52 bits per heavy atom. The first-order valence-electron chi connectivity index (χ1n) is 8.12. The maximum absolute atomic E-state index is 10.4. The minimum Gasteiger partial charge on any atom is -0.478 e. The predicted octanol–water partition coefficient (Wildman–Crippen LogP) is 2.71. The van der Waals surface area contributed by atoms with Crippen LogP contribution in [0.2, 0.25) is 0 Å². The maximum atomic E-state index is 10.4. The van der Waals surface area contributed by atoms with E-state index in [9.17, 15) is 13.2 Å². The molecule has 0 amide bonds. The second-order valence-electron chi connectivity index (χ2n) is 5.94. The van der Waals surface area contributed by atoms with Crippen LogP contribution in [0.25, 0.3) is 0 Å². The van der Waals surface area contributed by atoms with Gasteiger partial charge in [-0.2, -0.15) is 8.42 Å².